The summed E-state index contributed by atoms with van der Waals surface area (Å²) in [5.74, 6) is 1.31. The molecule has 1 saturated heterocycles. The van der Waals surface area contributed by atoms with E-state index in [-0.39, 0.29) is 11.6 Å². The Hall–Kier alpha value is -3.87. The molecule has 3 aromatic rings. The van der Waals surface area contributed by atoms with Crippen LogP contribution in [0.2, 0.25) is 0 Å². The molecule has 1 aliphatic heterocycles. The Labute approximate surface area is 174 Å². The third kappa shape index (κ3) is 4.41. The molecule has 7 nitrogen and oxygen atoms in total. The molecule has 4 rings (SSSR count). The van der Waals surface area contributed by atoms with Crippen molar-refractivity contribution in [1.82, 2.24) is 4.90 Å². The molecule has 0 saturated carbocycles. The predicted molar refractivity (Wildman–Crippen MR) is 114 cm³/mol. The molecule has 0 aliphatic carbocycles. The first-order valence-corrected chi connectivity index (χ1v) is 9.72. The second-order valence-corrected chi connectivity index (χ2v) is 7.00. The van der Waals surface area contributed by atoms with Gasteiger partial charge in [-0.05, 0) is 42.5 Å². The van der Waals surface area contributed by atoms with Crippen molar-refractivity contribution in [3.63, 3.8) is 0 Å². The van der Waals surface area contributed by atoms with Crippen molar-refractivity contribution < 1.29 is 14.5 Å². The number of nitro groups is 1. The highest BCUT2D eigenvalue weighted by molar-refractivity contribution is 5.94. The molecule has 1 fully saturated rings. The molecule has 0 atom stereocenters. The fourth-order valence-electron chi connectivity index (χ4n) is 3.45. The molecular formula is C23H21N3O4. The van der Waals surface area contributed by atoms with Crippen LogP contribution in [0.4, 0.5) is 11.4 Å². The number of rotatable bonds is 5. The maximum Gasteiger partial charge on any atom is 0.269 e. The third-order valence-corrected chi connectivity index (χ3v) is 5.05. The van der Waals surface area contributed by atoms with Crippen molar-refractivity contribution in [3.05, 3.63) is 94.5 Å². The van der Waals surface area contributed by atoms with Crippen LogP contribution in [-0.2, 0) is 0 Å². The third-order valence-electron chi connectivity index (χ3n) is 5.05. The topological polar surface area (TPSA) is 75.9 Å². The number of amides is 1. The zero-order chi connectivity index (χ0) is 20.9. The van der Waals surface area contributed by atoms with Crippen molar-refractivity contribution in [2.75, 3.05) is 31.1 Å². The number of benzene rings is 3. The first kappa shape index (κ1) is 19.4. The van der Waals surface area contributed by atoms with Crippen LogP contribution in [0.25, 0.3) is 0 Å². The monoisotopic (exact) mass is 403 g/mol. The molecule has 0 spiro atoms. The lowest BCUT2D eigenvalue weighted by Gasteiger charge is -2.36. The van der Waals surface area contributed by atoms with Gasteiger partial charge in [0.15, 0.2) is 0 Å². The van der Waals surface area contributed by atoms with E-state index >= 15 is 0 Å². The number of hydrogen-bond acceptors (Lipinski definition) is 5. The Balaban J connectivity index is 1.38. The first-order valence-electron chi connectivity index (χ1n) is 9.72. The summed E-state index contributed by atoms with van der Waals surface area (Å²) in [5.41, 5.74) is 1.59. The van der Waals surface area contributed by atoms with Crippen LogP contribution in [0, 0.1) is 10.1 Å². The minimum Gasteiger partial charge on any atom is -0.457 e. The molecule has 0 aromatic heterocycles. The van der Waals surface area contributed by atoms with Gasteiger partial charge in [0.1, 0.15) is 11.5 Å². The lowest BCUT2D eigenvalue weighted by molar-refractivity contribution is -0.384. The van der Waals surface area contributed by atoms with Gasteiger partial charge >= 0.3 is 0 Å². The molecule has 0 unspecified atom stereocenters. The standard InChI is InChI=1S/C23H21N3O4/c27-23(18-5-4-8-22(17-18)30-21-6-2-1-3-7-21)25-15-13-24(14-16-25)19-9-11-20(12-10-19)26(28)29/h1-12,17H,13-16H2. The van der Waals surface area contributed by atoms with Crippen molar-refractivity contribution in [3.8, 4) is 11.5 Å². The van der Waals surface area contributed by atoms with Gasteiger partial charge < -0.3 is 14.5 Å². The SMILES string of the molecule is O=C(c1cccc(Oc2ccccc2)c1)N1CCN(c2ccc([N+](=O)[O-])cc2)CC1. The summed E-state index contributed by atoms with van der Waals surface area (Å²) >= 11 is 0. The molecule has 30 heavy (non-hydrogen) atoms. The van der Waals surface area contributed by atoms with E-state index in [9.17, 15) is 14.9 Å². The number of ether oxygens (including phenoxy) is 1. The molecule has 3 aromatic carbocycles. The number of nitro benzene ring substituents is 1. The van der Waals surface area contributed by atoms with Gasteiger partial charge in [-0.1, -0.05) is 24.3 Å². The summed E-state index contributed by atoms with van der Waals surface area (Å²) in [7, 11) is 0. The van der Waals surface area contributed by atoms with Gasteiger partial charge in [-0.15, -0.1) is 0 Å². The number of hydrogen-bond donors (Lipinski definition) is 0. The highest BCUT2D eigenvalue weighted by Gasteiger charge is 2.23. The molecule has 7 heteroatoms. The van der Waals surface area contributed by atoms with Gasteiger partial charge in [-0.2, -0.15) is 0 Å². The number of carbonyl (C=O) groups excluding carboxylic acids is 1. The molecule has 1 heterocycles. The maximum atomic E-state index is 12.9. The van der Waals surface area contributed by atoms with E-state index in [0.29, 0.717) is 37.5 Å². The van der Waals surface area contributed by atoms with E-state index in [1.807, 2.05) is 47.4 Å². The maximum absolute atomic E-state index is 12.9. The van der Waals surface area contributed by atoms with E-state index < -0.39 is 4.92 Å². The van der Waals surface area contributed by atoms with E-state index in [0.717, 1.165) is 11.4 Å². The van der Waals surface area contributed by atoms with Crippen molar-refractivity contribution in [2.24, 2.45) is 0 Å². The Morgan fingerprint density at radius 1 is 0.833 bits per heavy atom. The van der Waals surface area contributed by atoms with Gasteiger partial charge in [-0.3, -0.25) is 14.9 Å². The smallest absolute Gasteiger partial charge is 0.269 e. The zero-order valence-electron chi connectivity index (χ0n) is 16.3. The summed E-state index contributed by atoms with van der Waals surface area (Å²) in [6.45, 7) is 2.51. The lowest BCUT2D eigenvalue weighted by Crippen LogP contribution is -2.48. The number of piperazine rings is 1. The molecule has 1 amide bonds. The number of para-hydroxylation sites is 1. The molecular weight excluding hydrogens is 382 g/mol. The fraction of sp³-hybridized carbons (Fsp3) is 0.174. The zero-order valence-corrected chi connectivity index (χ0v) is 16.3. The van der Waals surface area contributed by atoms with E-state index in [2.05, 4.69) is 4.90 Å². The predicted octanol–water partition coefficient (Wildman–Crippen LogP) is 4.35. The van der Waals surface area contributed by atoms with Crippen LogP contribution in [0.3, 0.4) is 0 Å². The van der Waals surface area contributed by atoms with E-state index in [1.165, 1.54) is 12.1 Å². The van der Waals surface area contributed by atoms with Crippen LogP contribution in [-0.4, -0.2) is 41.9 Å². The van der Waals surface area contributed by atoms with Crippen LogP contribution in [0.15, 0.2) is 78.9 Å². The normalized spacial score (nSPS) is 13.7. The van der Waals surface area contributed by atoms with Gasteiger partial charge in [-0.25, -0.2) is 0 Å². The highest BCUT2D eigenvalue weighted by atomic mass is 16.6. The van der Waals surface area contributed by atoms with Crippen molar-refractivity contribution in [1.29, 1.82) is 0 Å². The Morgan fingerprint density at radius 2 is 1.50 bits per heavy atom. The van der Waals surface area contributed by atoms with Gasteiger partial charge in [0.2, 0.25) is 0 Å². The molecule has 0 N–H and O–H groups in total. The lowest BCUT2D eigenvalue weighted by atomic mass is 10.1. The molecule has 1 aliphatic rings. The second kappa shape index (κ2) is 8.65. The average molecular weight is 403 g/mol. The van der Waals surface area contributed by atoms with E-state index in [4.69, 9.17) is 4.74 Å². The number of non-ortho nitro benzene ring substituents is 1. The molecule has 152 valence electrons. The molecule has 0 radical (unpaired) electrons. The largest absolute Gasteiger partial charge is 0.457 e. The second-order valence-electron chi connectivity index (χ2n) is 7.00. The Bertz CT molecular complexity index is 1030. The van der Waals surface area contributed by atoms with Gasteiger partial charge in [0.05, 0.1) is 4.92 Å². The van der Waals surface area contributed by atoms with Gasteiger partial charge in [0, 0.05) is 49.6 Å². The van der Waals surface area contributed by atoms with Gasteiger partial charge in [0.25, 0.3) is 11.6 Å². The first-order chi connectivity index (χ1) is 14.6. The number of anilines is 1. The summed E-state index contributed by atoms with van der Waals surface area (Å²) in [5, 5.41) is 10.8. The molecule has 0 bridgehead atoms. The Kier molecular flexibility index (Phi) is 5.61. The quantitative estimate of drug-likeness (QED) is 0.468. The number of carbonyl (C=O) groups is 1. The summed E-state index contributed by atoms with van der Waals surface area (Å²) < 4.78 is 5.83. The van der Waals surface area contributed by atoms with Crippen LogP contribution < -0.4 is 9.64 Å². The summed E-state index contributed by atoms with van der Waals surface area (Å²) in [6.07, 6.45) is 0. The highest BCUT2D eigenvalue weighted by Crippen LogP contribution is 2.24. The minimum atomic E-state index is -0.407. The number of nitrogens with zero attached hydrogens (tertiary/aromatic N) is 3. The van der Waals surface area contributed by atoms with Crippen molar-refractivity contribution >= 4 is 17.3 Å². The fourth-order valence-corrected chi connectivity index (χ4v) is 3.45. The van der Waals surface area contributed by atoms with Crippen LogP contribution >= 0.6 is 0 Å². The van der Waals surface area contributed by atoms with Crippen LogP contribution in [0.1, 0.15) is 10.4 Å². The van der Waals surface area contributed by atoms with Crippen molar-refractivity contribution in [2.45, 2.75) is 0 Å². The van der Waals surface area contributed by atoms with Crippen LogP contribution in [0.5, 0.6) is 11.5 Å². The van der Waals surface area contributed by atoms with E-state index in [1.54, 1.807) is 24.3 Å². The minimum absolute atomic E-state index is 0.0307. The Morgan fingerprint density at radius 3 is 2.17 bits per heavy atom. The summed E-state index contributed by atoms with van der Waals surface area (Å²) in [4.78, 5) is 27.3. The summed E-state index contributed by atoms with van der Waals surface area (Å²) in [6, 6.07) is 23.2. The average Bonchev–Trinajstić information content (AvgIpc) is 2.80.